The molecule has 0 aromatic heterocycles. The summed E-state index contributed by atoms with van der Waals surface area (Å²) >= 11 is 3.72. The van der Waals surface area contributed by atoms with Gasteiger partial charge in [-0.2, -0.15) is 0 Å². The van der Waals surface area contributed by atoms with Gasteiger partial charge >= 0.3 is 117 Å². The van der Waals surface area contributed by atoms with E-state index in [2.05, 4.69) is 28.1 Å². The Hall–Kier alpha value is -0.601. The average Bonchev–Trinajstić information content (AvgIpc) is 2.38. The Morgan fingerprint density at radius 3 is 2.29 bits per heavy atom. The quantitative estimate of drug-likeness (QED) is 0.836. The Balaban J connectivity index is 1.93. The maximum absolute atomic E-state index is 10.1. The fourth-order valence-electron chi connectivity index (χ4n) is 1.47. The summed E-state index contributed by atoms with van der Waals surface area (Å²) in [5, 5.41) is 10.9. The maximum atomic E-state index is 10.1. The molecule has 1 nitrogen and oxygen atoms in total. The van der Waals surface area contributed by atoms with Gasteiger partial charge in [0.25, 0.3) is 0 Å². The van der Waals surface area contributed by atoms with Gasteiger partial charge in [-0.3, -0.25) is 0 Å². The predicted octanol–water partition coefficient (Wildman–Crippen LogP) is 2.93. The molecule has 1 atom stereocenters. The number of aliphatic hydroxyl groups is 1. The summed E-state index contributed by atoms with van der Waals surface area (Å²) in [6, 6.07) is 18.2. The van der Waals surface area contributed by atoms with Crippen molar-refractivity contribution in [3.8, 4) is 0 Å². The second-order valence-electron chi connectivity index (χ2n) is 3.69. The summed E-state index contributed by atoms with van der Waals surface area (Å²) in [6.07, 6.45) is -0.358. The number of benzene rings is 2. The van der Waals surface area contributed by atoms with E-state index in [-0.39, 0.29) is 6.10 Å². The van der Waals surface area contributed by atoms with Gasteiger partial charge in [0, 0.05) is 0 Å². The molecule has 0 aliphatic rings. The molecule has 0 saturated carbocycles. The minimum atomic E-state index is -0.358. The van der Waals surface area contributed by atoms with Gasteiger partial charge in [0.1, 0.15) is 0 Å². The number of hydrogen-bond acceptors (Lipinski definition) is 1. The van der Waals surface area contributed by atoms with Crippen molar-refractivity contribution in [2.45, 2.75) is 11.4 Å². The molecule has 0 saturated heterocycles. The molecule has 0 amide bonds. The first-order valence-corrected chi connectivity index (χ1v) is 8.23. The summed E-state index contributed by atoms with van der Waals surface area (Å²) in [6.45, 7) is 0. The van der Waals surface area contributed by atoms with E-state index in [1.165, 1.54) is 4.46 Å². The third-order valence-electron chi connectivity index (χ3n) is 2.41. The van der Waals surface area contributed by atoms with Crippen molar-refractivity contribution in [3.63, 3.8) is 0 Å². The van der Waals surface area contributed by atoms with Crippen molar-refractivity contribution in [2.24, 2.45) is 0 Å². The molecule has 0 heterocycles. The van der Waals surface area contributed by atoms with Gasteiger partial charge in [-0.05, 0) is 0 Å². The number of hydrogen-bond donors (Lipinski definition) is 1. The average molecular weight is 356 g/mol. The zero-order valence-electron chi connectivity index (χ0n) is 9.21. The molecule has 2 rings (SSSR count). The molecule has 0 fully saturated rings. The van der Waals surface area contributed by atoms with Crippen molar-refractivity contribution < 1.29 is 5.11 Å². The molecule has 1 N–H and O–H groups in total. The van der Waals surface area contributed by atoms with E-state index in [1.54, 1.807) is 0 Å². The van der Waals surface area contributed by atoms with E-state index in [4.69, 9.17) is 0 Å². The van der Waals surface area contributed by atoms with Gasteiger partial charge in [0.2, 0.25) is 0 Å². The van der Waals surface area contributed by atoms with Gasteiger partial charge in [-0.25, -0.2) is 0 Å². The summed E-state index contributed by atoms with van der Waals surface area (Å²) in [5.41, 5.74) is 0.992. The zero-order chi connectivity index (χ0) is 12.1. The van der Waals surface area contributed by atoms with Crippen molar-refractivity contribution in [1.29, 1.82) is 0 Å². The van der Waals surface area contributed by atoms with Crippen LogP contribution >= 0.6 is 15.9 Å². The van der Waals surface area contributed by atoms with Gasteiger partial charge in [0.05, 0.1) is 0 Å². The van der Waals surface area contributed by atoms with E-state index in [9.17, 15) is 5.11 Å². The summed E-state index contributed by atoms with van der Waals surface area (Å²) < 4.78 is 2.37. The Kier molecular flexibility index (Phi) is 4.81. The van der Waals surface area contributed by atoms with Gasteiger partial charge in [-0.1, -0.05) is 0 Å². The molecule has 2 aromatic carbocycles. The topological polar surface area (TPSA) is 20.2 Å². The van der Waals surface area contributed by atoms with Crippen molar-refractivity contribution in [1.82, 2.24) is 0 Å². The van der Waals surface area contributed by atoms with E-state index < -0.39 is 0 Å². The zero-order valence-corrected chi connectivity index (χ0v) is 12.5. The monoisotopic (exact) mass is 356 g/mol. The van der Waals surface area contributed by atoms with Gasteiger partial charge < -0.3 is 0 Å². The molecule has 0 bridgehead atoms. The third kappa shape index (κ3) is 3.97. The SMILES string of the molecule is OC(C[Se]c1ccccc1)c1ccc(Br)cc1. The Bertz CT molecular complexity index is 455. The van der Waals surface area contributed by atoms with Crippen molar-refractivity contribution in [2.75, 3.05) is 0 Å². The molecule has 1 unspecified atom stereocenters. The van der Waals surface area contributed by atoms with Crippen molar-refractivity contribution in [3.05, 3.63) is 64.6 Å². The summed E-state index contributed by atoms with van der Waals surface area (Å²) in [7, 11) is 0. The third-order valence-corrected chi connectivity index (χ3v) is 5.22. The predicted molar refractivity (Wildman–Crippen MR) is 75.7 cm³/mol. The van der Waals surface area contributed by atoms with Crippen LogP contribution in [0.2, 0.25) is 5.32 Å². The Morgan fingerprint density at radius 2 is 1.65 bits per heavy atom. The van der Waals surface area contributed by atoms with E-state index in [1.807, 2.05) is 42.5 Å². The van der Waals surface area contributed by atoms with Crippen LogP contribution in [0.3, 0.4) is 0 Å². The first-order valence-electron chi connectivity index (χ1n) is 5.37. The second kappa shape index (κ2) is 6.36. The van der Waals surface area contributed by atoms with Gasteiger partial charge in [-0.15, -0.1) is 0 Å². The van der Waals surface area contributed by atoms with E-state index in [0.29, 0.717) is 15.0 Å². The molecule has 88 valence electrons. The number of aliphatic hydroxyl groups excluding tert-OH is 1. The molecule has 2 aromatic rings. The van der Waals surface area contributed by atoms with Crippen LogP contribution in [-0.4, -0.2) is 20.1 Å². The van der Waals surface area contributed by atoms with Gasteiger partial charge in [0.15, 0.2) is 0 Å². The normalized spacial score (nSPS) is 12.4. The molecule has 0 aliphatic heterocycles. The summed E-state index contributed by atoms with van der Waals surface area (Å²) in [4.78, 5) is 0. The Labute approximate surface area is 116 Å². The van der Waals surface area contributed by atoms with E-state index in [0.717, 1.165) is 15.4 Å². The van der Waals surface area contributed by atoms with Crippen LogP contribution in [-0.2, 0) is 0 Å². The van der Waals surface area contributed by atoms with E-state index >= 15 is 0 Å². The molecule has 0 radical (unpaired) electrons. The summed E-state index contributed by atoms with van der Waals surface area (Å²) in [5.74, 6) is 0. The molecule has 17 heavy (non-hydrogen) atoms. The molecular weight excluding hydrogens is 343 g/mol. The fraction of sp³-hybridized carbons (Fsp3) is 0.143. The molecule has 0 aliphatic carbocycles. The molecular formula is C14H13BrOSe. The first-order chi connectivity index (χ1) is 8.25. The first kappa shape index (κ1) is 12.8. The number of rotatable bonds is 4. The van der Waals surface area contributed by atoms with Crippen LogP contribution in [0.15, 0.2) is 59.1 Å². The minimum absolute atomic E-state index is 0.327. The van der Waals surface area contributed by atoms with Crippen LogP contribution in [0.4, 0.5) is 0 Å². The fourth-order valence-corrected chi connectivity index (χ4v) is 3.61. The van der Waals surface area contributed by atoms with Crippen LogP contribution in [0.1, 0.15) is 11.7 Å². The second-order valence-corrected chi connectivity index (χ2v) is 6.90. The van der Waals surface area contributed by atoms with Crippen LogP contribution in [0, 0.1) is 0 Å². The molecule has 0 spiro atoms. The van der Waals surface area contributed by atoms with Crippen molar-refractivity contribution >= 4 is 35.3 Å². The van der Waals surface area contributed by atoms with Crippen LogP contribution in [0.25, 0.3) is 0 Å². The standard InChI is InChI=1S/C14H13BrOSe/c15-12-8-6-11(7-9-12)14(16)10-17-13-4-2-1-3-5-13/h1-9,14,16H,10H2. The Morgan fingerprint density at radius 1 is 1.00 bits per heavy atom. The molecule has 3 heteroatoms. The number of halogens is 1. The van der Waals surface area contributed by atoms with Crippen LogP contribution < -0.4 is 4.46 Å². The van der Waals surface area contributed by atoms with Crippen LogP contribution in [0.5, 0.6) is 0 Å².